The predicted octanol–water partition coefficient (Wildman–Crippen LogP) is 2.73. The van der Waals surface area contributed by atoms with Gasteiger partial charge in [0.2, 0.25) is 5.43 Å². The topological polar surface area (TPSA) is 142 Å². The van der Waals surface area contributed by atoms with E-state index in [0.717, 1.165) is 5.56 Å². The molecule has 0 unspecified atom stereocenters. The molecule has 10 nitrogen and oxygen atoms in total. The zero-order valence-corrected chi connectivity index (χ0v) is 18.4. The second kappa shape index (κ2) is 11.8. The number of carbonyl (C=O) groups is 2. The first-order valence-corrected chi connectivity index (χ1v) is 10.4. The summed E-state index contributed by atoms with van der Waals surface area (Å²) >= 11 is 0. The van der Waals surface area contributed by atoms with Gasteiger partial charge in [0, 0.05) is 6.07 Å². The number of carboxylic acids is 2. The van der Waals surface area contributed by atoms with Crippen LogP contribution in [0.1, 0.15) is 5.56 Å². The van der Waals surface area contributed by atoms with Gasteiger partial charge in [-0.1, -0.05) is 12.1 Å². The summed E-state index contributed by atoms with van der Waals surface area (Å²) in [7, 11) is 0. The Labute approximate surface area is 194 Å². The Bertz CT molecular complexity index is 1200. The summed E-state index contributed by atoms with van der Waals surface area (Å²) < 4.78 is 26.7. The average molecular weight is 472 g/mol. The van der Waals surface area contributed by atoms with Gasteiger partial charge in [0.1, 0.15) is 49.8 Å². The minimum Gasteiger partial charge on any atom is -0.491 e. The lowest BCUT2D eigenvalue weighted by Gasteiger charge is -2.11. The van der Waals surface area contributed by atoms with Crippen LogP contribution in [-0.4, -0.2) is 61.8 Å². The molecule has 0 bridgehead atoms. The molecule has 10 heteroatoms. The van der Waals surface area contributed by atoms with Gasteiger partial charge in [-0.2, -0.15) is 0 Å². The first-order chi connectivity index (χ1) is 16.3. The molecule has 0 saturated carbocycles. The Balaban J connectivity index is 1.67. The number of ether oxygens (including phenoxy) is 4. The van der Waals surface area contributed by atoms with Gasteiger partial charge in [-0.25, -0.2) is 9.59 Å². The van der Waals surface area contributed by atoms with Crippen molar-refractivity contribution in [3.05, 3.63) is 58.4 Å². The van der Waals surface area contributed by atoms with Crippen molar-refractivity contribution in [2.24, 2.45) is 0 Å². The van der Waals surface area contributed by atoms with Crippen LogP contribution in [0.15, 0.2) is 51.9 Å². The van der Waals surface area contributed by atoms with Crippen molar-refractivity contribution in [3.63, 3.8) is 0 Å². The normalized spacial score (nSPS) is 10.9. The summed E-state index contributed by atoms with van der Waals surface area (Å²) in [6.45, 7) is 1.62. The van der Waals surface area contributed by atoms with Crippen molar-refractivity contribution in [1.82, 2.24) is 0 Å². The van der Waals surface area contributed by atoms with Crippen LogP contribution in [0, 0.1) is 6.92 Å². The fraction of sp³-hybridized carbons (Fsp3) is 0.292. The number of fused-ring (bicyclic) bond motifs is 1. The van der Waals surface area contributed by atoms with Gasteiger partial charge in [0.05, 0.1) is 24.2 Å². The minimum atomic E-state index is -1.05. The molecule has 0 aliphatic heterocycles. The minimum absolute atomic E-state index is 0.113. The van der Waals surface area contributed by atoms with E-state index in [0.29, 0.717) is 33.6 Å². The molecule has 1 heterocycles. The highest BCUT2D eigenvalue weighted by atomic mass is 16.5. The Morgan fingerprint density at radius 3 is 2.12 bits per heavy atom. The molecule has 0 radical (unpaired) electrons. The molecular formula is C24H24O10. The third-order valence-corrected chi connectivity index (χ3v) is 4.67. The zero-order valence-electron chi connectivity index (χ0n) is 18.4. The van der Waals surface area contributed by atoms with Crippen LogP contribution in [0.3, 0.4) is 0 Å². The number of rotatable bonds is 13. The molecule has 0 aliphatic carbocycles. The molecule has 0 atom stereocenters. The summed E-state index contributed by atoms with van der Waals surface area (Å²) in [4.78, 5) is 33.9. The maximum absolute atomic E-state index is 13.1. The second-order valence-corrected chi connectivity index (χ2v) is 7.21. The largest absolute Gasteiger partial charge is 0.491 e. The van der Waals surface area contributed by atoms with Gasteiger partial charge in [-0.05, 0) is 36.2 Å². The lowest BCUT2D eigenvalue weighted by molar-refractivity contribution is -0.143. The van der Waals surface area contributed by atoms with Gasteiger partial charge < -0.3 is 33.6 Å². The van der Waals surface area contributed by atoms with Crippen molar-refractivity contribution in [2.75, 3.05) is 39.6 Å². The molecule has 2 N–H and O–H groups in total. The molecule has 3 aromatic rings. The van der Waals surface area contributed by atoms with E-state index in [1.165, 1.54) is 6.26 Å². The standard InChI is InChI=1S/C24H24O10/c1-15-10-18-21(11-20(15)33-9-7-31-14-23(27)28)34-12-19(24(18)29)16-2-4-17(5-3-16)32-8-6-30-13-22(25)26/h2-5,10-12H,6-9,13-14H2,1H3,(H,25,26)(H,27,28). The molecule has 1 aromatic heterocycles. The van der Waals surface area contributed by atoms with Crippen LogP contribution in [0.4, 0.5) is 0 Å². The number of aliphatic carboxylic acids is 2. The Morgan fingerprint density at radius 2 is 1.50 bits per heavy atom. The van der Waals surface area contributed by atoms with Crippen LogP contribution < -0.4 is 14.9 Å². The van der Waals surface area contributed by atoms with E-state index in [1.807, 2.05) is 0 Å². The Morgan fingerprint density at radius 1 is 0.882 bits per heavy atom. The molecule has 3 rings (SSSR count). The summed E-state index contributed by atoms with van der Waals surface area (Å²) in [5.41, 5.74) is 1.93. The maximum Gasteiger partial charge on any atom is 0.329 e. The summed E-state index contributed by atoms with van der Waals surface area (Å²) in [6, 6.07) is 10.2. The molecule has 0 spiro atoms. The van der Waals surface area contributed by atoms with Crippen molar-refractivity contribution in [3.8, 4) is 22.6 Å². The monoisotopic (exact) mass is 472 g/mol. The maximum atomic E-state index is 13.1. The van der Waals surface area contributed by atoms with Crippen LogP contribution in [0.2, 0.25) is 0 Å². The summed E-state index contributed by atoms with van der Waals surface area (Å²) in [5.74, 6) is -1.03. The number of hydrogen-bond donors (Lipinski definition) is 2. The smallest absolute Gasteiger partial charge is 0.329 e. The number of hydrogen-bond acceptors (Lipinski definition) is 8. The molecule has 0 aliphatic rings. The van der Waals surface area contributed by atoms with Crippen molar-refractivity contribution in [2.45, 2.75) is 6.92 Å². The van der Waals surface area contributed by atoms with E-state index in [9.17, 15) is 14.4 Å². The first-order valence-electron chi connectivity index (χ1n) is 10.4. The molecular weight excluding hydrogens is 448 g/mol. The molecule has 2 aromatic carbocycles. The third-order valence-electron chi connectivity index (χ3n) is 4.67. The molecule has 0 fully saturated rings. The third kappa shape index (κ3) is 6.80. The Hall–Kier alpha value is -3.89. The van der Waals surface area contributed by atoms with Gasteiger partial charge >= 0.3 is 11.9 Å². The van der Waals surface area contributed by atoms with Gasteiger partial charge in [-0.15, -0.1) is 0 Å². The lowest BCUT2D eigenvalue weighted by atomic mass is 10.0. The first kappa shape index (κ1) is 24.7. The quantitative estimate of drug-likeness (QED) is 0.357. The van der Waals surface area contributed by atoms with E-state index in [4.69, 9.17) is 33.6 Å². The molecule has 0 saturated heterocycles. The van der Waals surface area contributed by atoms with Crippen LogP contribution in [0.25, 0.3) is 22.1 Å². The van der Waals surface area contributed by atoms with E-state index in [2.05, 4.69) is 0 Å². The van der Waals surface area contributed by atoms with Crippen LogP contribution >= 0.6 is 0 Å². The predicted molar refractivity (Wildman–Crippen MR) is 121 cm³/mol. The highest BCUT2D eigenvalue weighted by Gasteiger charge is 2.13. The Kier molecular flexibility index (Phi) is 8.60. The van der Waals surface area contributed by atoms with E-state index in [1.54, 1.807) is 43.3 Å². The second-order valence-electron chi connectivity index (χ2n) is 7.21. The van der Waals surface area contributed by atoms with Crippen molar-refractivity contribution >= 4 is 22.9 Å². The van der Waals surface area contributed by atoms with E-state index >= 15 is 0 Å². The van der Waals surface area contributed by atoms with Crippen LogP contribution in [0.5, 0.6) is 11.5 Å². The molecule has 180 valence electrons. The number of carboxylic acid groups (broad SMARTS) is 2. The summed E-state index contributed by atoms with van der Waals surface area (Å²) in [6.07, 6.45) is 1.38. The number of benzene rings is 2. The van der Waals surface area contributed by atoms with Gasteiger partial charge in [-0.3, -0.25) is 4.79 Å². The summed E-state index contributed by atoms with van der Waals surface area (Å²) in [5, 5.41) is 17.5. The van der Waals surface area contributed by atoms with Crippen molar-refractivity contribution in [1.29, 1.82) is 0 Å². The van der Waals surface area contributed by atoms with E-state index in [-0.39, 0.29) is 38.5 Å². The fourth-order valence-electron chi connectivity index (χ4n) is 3.10. The van der Waals surface area contributed by atoms with Crippen molar-refractivity contribution < 1.29 is 43.2 Å². The average Bonchev–Trinajstić information content (AvgIpc) is 2.80. The lowest BCUT2D eigenvalue weighted by Crippen LogP contribution is -2.13. The van der Waals surface area contributed by atoms with E-state index < -0.39 is 18.5 Å². The highest BCUT2D eigenvalue weighted by Crippen LogP contribution is 2.27. The highest BCUT2D eigenvalue weighted by molar-refractivity contribution is 5.83. The number of aryl methyl sites for hydroxylation is 1. The van der Waals surface area contributed by atoms with Gasteiger partial charge in [0.15, 0.2) is 0 Å². The molecule has 34 heavy (non-hydrogen) atoms. The van der Waals surface area contributed by atoms with Crippen LogP contribution in [-0.2, 0) is 19.1 Å². The SMILES string of the molecule is Cc1cc2c(=O)c(-c3ccc(OCCOCC(=O)O)cc3)coc2cc1OCCOCC(=O)O. The fourth-order valence-corrected chi connectivity index (χ4v) is 3.10. The van der Waals surface area contributed by atoms with Gasteiger partial charge in [0.25, 0.3) is 0 Å². The molecule has 0 amide bonds. The zero-order chi connectivity index (χ0) is 24.5.